The summed E-state index contributed by atoms with van der Waals surface area (Å²) < 4.78 is 7.65. The van der Waals surface area contributed by atoms with Crippen LogP contribution in [-0.2, 0) is 6.61 Å². The first-order chi connectivity index (χ1) is 9.63. The van der Waals surface area contributed by atoms with Crippen molar-refractivity contribution < 1.29 is 4.74 Å². The van der Waals surface area contributed by atoms with Crippen molar-refractivity contribution in [3.63, 3.8) is 0 Å². The van der Waals surface area contributed by atoms with Gasteiger partial charge >= 0.3 is 0 Å². The molecule has 20 heavy (non-hydrogen) atoms. The summed E-state index contributed by atoms with van der Waals surface area (Å²) in [6, 6.07) is 9.45. The molecule has 3 rings (SSSR count). The van der Waals surface area contributed by atoms with E-state index in [4.69, 9.17) is 10.5 Å². The second-order valence-electron chi connectivity index (χ2n) is 4.77. The van der Waals surface area contributed by atoms with Crippen molar-refractivity contribution in [1.82, 2.24) is 14.4 Å². The largest absolute Gasteiger partial charge is 0.485 e. The van der Waals surface area contributed by atoms with Crippen molar-refractivity contribution in [2.75, 3.05) is 5.73 Å². The van der Waals surface area contributed by atoms with Crippen LogP contribution in [0, 0.1) is 13.8 Å². The Balaban J connectivity index is 1.85. The Labute approximate surface area is 117 Å². The summed E-state index contributed by atoms with van der Waals surface area (Å²) in [6.45, 7) is 4.36. The van der Waals surface area contributed by atoms with E-state index in [0.29, 0.717) is 23.8 Å². The van der Waals surface area contributed by atoms with E-state index in [2.05, 4.69) is 9.97 Å². The lowest BCUT2D eigenvalue weighted by Gasteiger charge is -2.06. The molecule has 0 aliphatic rings. The fourth-order valence-electron chi connectivity index (χ4n) is 2.15. The molecule has 0 radical (unpaired) electrons. The van der Waals surface area contributed by atoms with Crippen LogP contribution in [0.2, 0.25) is 0 Å². The third kappa shape index (κ3) is 2.30. The second-order valence-corrected chi connectivity index (χ2v) is 4.77. The van der Waals surface area contributed by atoms with Crippen molar-refractivity contribution in [3.8, 4) is 5.75 Å². The van der Waals surface area contributed by atoms with E-state index < -0.39 is 0 Å². The van der Waals surface area contributed by atoms with Gasteiger partial charge in [0.05, 0.1) is 11.4 Å². The Bertz CT molecular complexity index is 764. The van der Waals surface area contributed by atoms with Crippen LogP contribution < -0.4 is 10.5 Å². The summed E-state index contributed by atoms with van der Waals surface area (Å²) in [6.07, 6.45) is 1.94. The summed E-state index contributed by atoms with van der Waals surface area (Å²) in [5, 5.41) is 0. The number of ether oxygens (including phenoxy) is 1. The number of benzene rings is 1. The maximum absolute atomic E-state index is 5.84. The van der Waals surface area contributed by atoms with Crippen LogP contribution in [0.4, 0.5) is 5.69 Å². The average Bonchev–Trinajstić information content (AvgIpc) is 2.81. The van der Waals surface area contributed by atoms with Gasteiger partial charge in [0.25, 0.3) is 0 Å². The highest BCUT2D eigenvalue weighted by Crippen LogP contribution is 2.21. The van der Waals surface area contributed by atoms with Crippen LogP contribution in [0.25, 0.3) is 5.78 Å². The molecule has 0 saturated carbocycles. The highest BCUT2D eigenvalue weighted by atomic mass is 16.5. The number of para-hydroxylation sites is 2. The molecule has 1 aromatic carbocycles. The van der Waals surface area contributed by atoms with E-state index >= 15 is 0 Å². The molecule has 0 fully saturated rings. The zero-order valence-electron chi connectivity index (χ0n) is 11.5. The number of nitrogens with two attached hydrogens (primary N) is 1. The Hall–Kier alpha value is -2.56. The van der Waals surface area contributed by atoms with E-state index in [0.717, 1.165) is 17.1 Å². The normalized spacial score (nSPS) is 10.9. The van der Waals surface area contributed by atoms with Gasteiger partial charge in [-0.3, -0.25) is 4.40 Å². The Morgan fingerprint density at radius 1 is 1.20 bits per heavy atom. The summed E-state index contributed by atoms with van der Waals surface area (Å²) >= 11 is 0. The predicted molar refractivity (Wildman–Crippen MR) is 77.6 cm³/mol. The van der Waals surface area contributed by atoms with Gasteiger partial charge in [-0.1, -0.05) is 12.1 Å². The van der Waals surface area contributed by atoms with E-state index in [1.54, 1.807) is 0 Å². The third-order valence-corrected chi connectivity index (χ3v) is 3.11. The fourth-order valence-corrected chi connectivity index (χ4v) is 2.15. The van der Waals surface area contributed by atoms with Gasteiger partial charge in [-0.2, -0.15) is 0 Å². The lowest BCUT2D eigenvalue weighted by molar-refractivity contribution is 0.304. The van der Waals surface area contributed by atoms with Gasteiger partial charge in [-0.25, -0.2) is 9.97 Å². The number of rotatable bonds is 3. The minimum absolute atomic E-state index is 0.371. The lowest BCUT2D eigenvalue weighted by Crippen LogP contribution is -1.98. The van der Waals surface area contributed by atoms with Crippen LogP contribution in [0.5, 0.6) is 5.75 Å². The number of aromatic nitrogens is 3. The zero-order valence-corrected chi connectivity index (χ0v) is 11.5. The standard InChI is InChI=1S/C15H16N4O/c1-10-7-11(2)19-8-12(18-15(19)17-10)9-20-14-6-4-3-5-13(14)16/h3-8H,9,16H2,1-2H3. The molecule has 0 bridgehead atoms. The molecule has 2 aromatic heterocycles. The zero-order chi connectivity index (χ0) is 14.1. The number of aryl methyl sites for hydroxylation is 2. The SMILES string of the molecule is Cc1cc(C)n2cc(COc3ccccc3N)nc2n1. The van der Waals surface area contributed by atoms with Crippen LogP contribution in [0.3, 0.4) is 0 Å². The molecule has 0 amide bonds. The molecule has 5 heteroatoms. The number of anilines is 1. The molecule has 3 aromatic rings. The van der Waals surface area contributed by atoms with Gasteiger partial charge in [0.2, 0.25) is 5.78 Å². The minimum Gasteiger partial charge on any atom is -0.485 e. The maximum atomic E-state index is 5.84. The smallest absolute Gasteiger partial charge is 0.234 e. The minimum atomic E-state index is 0.371. The van der Waals surface area contributed by atoms with Crippen molar-refractivity contribution in [3.05, 3.63) is 53.6 Å². The number of hydrogen-bond donors (Lipinski definition) is 1. The van der Waals surface area contributed by atoms with Gasteiger partial charge < -0.3 is 10.5 Å². The monoisotopic (exact) mass is 268 g/mol. The molecule has 0 saturated heterocycles. The molecule has 0 atom stereocenters. The molecule has 102 valence electrons. The van der Waals surface area contributed by atoms with Crippen LogP contribution in [0.1, 0.15) is 17.1 Å². The highest BCUT2D eigenvalue weighted by Gasteiger charge is 2.07. The molecule has 2 N–H and O–H groups in total. The fraction of sp³-hybridized carbons (Fsp3) is 0.200. The molecule has 0 aliphatic heterocycles. The van der Waals surface area contributed by atoms with Gasteiger partial charge in [0.15, 0.2) is 0 Å². The first kappa shape index (κ1) is 12.5. The molecule has 0 spiro atoms. The maximum Gasteiger partial charge on any atom is 0.234 e. The quantitative estimate of drug-likeness (QED) is 0.741. The van der Waals surface area contributed by atoms with Gasteiger partial charge in [0, 0.05) is 17.6 Å². The van der Waals surface area contributed by atoms with Crippen LogP contribution in [-0.4, -0.2) is 14.4 Å². The molecule has 0 aliphatic carbocycles. The average molecular weight is 268 g/mol. The Kier molecular flexibility index (Phi) is 3.02. The van der Waals surface area contributed by atoms with Gasteiger partial charge in [-0.15, -0.1) is 0 Å². The number of nitrogen functional groups attached to an aromatic ring is 1. The molecular formula is C15H16N4O. The van der Waals surface area contributed by atoms with Crippen molar-refractivity contribution in [1.29, 1.82) is 0 Å². The van der Waals surface area contributed by atoms with Crippen LogP contribution >= 0.6 is 0 Å². The molecule has 0 unspecified atom stereocenters. The van der Waals surface area contributed by atoms with Gasteiger partial charge in [-0.05, 0) is 32.0 Å². The first-order valence-electron chi connectivity index (χ1n) is 6.43. The summed E-state index contributed by atoms with van der Waals surface area (Å²) in [4.78, 5) is 8.87. The summed E-state index contributed by atoms with van der Waals surface area (Å²) in [7, 11) is 0. The summed E-state index contributed by atoms with van der Waals surface area (Å²) in [5.41, 5.74) is 9.36. The number of hydrogen-bond acceptors (Lipinski definition) is 4. The van der Waals surface area contributed by atoms with E-state index in [1.165, 1.54) is 0 Å². The third-order valence-electron chi connectivity index (χ3n) is 3.11. The van der Waals surface area contributed by atoms with E-state index in [-0.39, 0.29) is 0 Å². The number of fused-ring (bicyclic) bond motifs is 1. The lowest BCUT2D eigenvalue weighted by atomic mass is 10.3. The van der Waals surface area contributed by atoms with Crippen molar-refractivity contribution >= 4 is 11.5 Å². The van der Waals surface area contributed by atoms with Crippen molar-refractivity contribution in [2.24, 2.45) is 0 Å². The van der Waals surface area contributed by atoms with E-state index in [9.17, 15) is 0 Å². The second kappa shape index (κ2) is 4.85. The molecule has 2 heterocycles. The Morgan fingerprint density at radius 3 is 2.80 bits per heavy atom. The first-order valence-corrected chi connectivity index (χ1v) is 6.43. The predicted octanol–water partition coefficient (Wildman–Crippen LogP) is 2.51. The number of imidazole rings is 1. The Morgan fingerprint density at radius 2 is 2.00 bits per heavy atom. The summed E-state index contributed by atoms with van der Waals surface area (Å²) in [5.74, 6) is 1.37. The van der Waals surface area contributed by atoms with Gasteiger partial charge in [0.1, 0.15) is 12.4 Å². The molecular weight excluding hydrogens is 252 g/mol. The van der Waals surface area contributed by atoms with Crippen molar-refractivity contribution in [2.45, 2.75) is 20.5 Å². The topological polar surface area (TPSA) is 65.4 Å². The van der Waals surface area contributed by atoms with E-state index in [1.807, 2.05) is 54.8 Å². The highest BCUT2D eigenvalue weighted by molar-refractivity contribution is 5.51. The molecule has 5 nitrogen and oxygen atoms in total. The van der Waals surface area contributed by atoms with Crippen LogP contribution in [0.15, 0.2) is 36.5 Å². The number of nitrogens with zero attached hydrogens (tertiary/aromatic N) is 3.